The lowest BCUT2D eigenvalue weighted by molar-refractivity contribution is 0.459. The molecule has 0 fully saturated rings. The van der Waals surface area contributed by atoms with E-state index in [0.29, 0.717) is 6.42 Å². The maximum absolute atomic E-state index is 11.0. The van der Waals surface area contributed by atoms with Gasteiger partial charge in [-0.2, -0.15) is 0 Å². The van der Waals surface area contributed by atoms with Crippen LogP contribution in [0.25, 0.3) is 0 Å². The van der Waals surface area contributed by atoms with Gasteiger partial charge in [-0.05, 0) is 31.0 Å². The molecule has 0 heterocycles. The van der Waals surface area contributed by atoms with Crippen LogP contribution in [0.1, 0.15) is 12.5 Å². The van der Waals surface area contributed by atoms with Gasteiger partial charge in [0.15, 0.2) is 0 Å². The number of benzene rings is 1. The predicted octanol–water partition coefficient (Wildman–Crippen LogP) is 2.44. The van der Waals surface area contributed by atoms with E-state index in [9.17, 15) is 13.5 Å². The standard InChI is InChI=1S/C10H11ClO3S/c1-7(2)5-8-3-4-10(9(12)6-8)15(11,13)14/h3-4,6,12H,1,5H2,2H3. The maximum Gasteiger partial charge on any atom is 0.264 e. The summed E-state index contributed by atoms with van der Waals surface area (Å²) in [4.78, 5) is -0.269. The Balaban J connectivity index is 3.15. The third-order valence-corrected chi connectivity index (χ3v) is 3.16. The Hall–Kier alpha value is -1.00. The third kappa shape index (κ3) is 3.25. The minimum absolute atomic E-state index is 0.269. The number of rotatable bonds is 3. The lowest BCUT2D eigenvalue weighted by Crippen LogP contribution is -1.93. The maximum atomic E-state index is 11.0. The average molecular weight is 247 g/mol. The summed E-state index contributed by atoms with van der Waals surface area (Å²) in [6.07, 6.45) is 0.593. The fourth-order valence-electron chi connectivity index (χ4n) is 1.23. The molecule has 0 atom stereocenters. The molecule has 0 aliphatic carbocycles. The topological polar surface area (TPSA) is 54.4 Å². The SMILES string of the molecule is C=C(C)Cc1ccc(S(=O)(=O)Cl)c(O)c1. The monoisotopic (exact) mass is 246 g/mol. The smallest absolute Gasteiger partial charge is 0.264 e. The van der Waals surface area contributed by atoms with Crippen molar-refractivity contribution in [1.29, 1.82) is 0 Å². The Labute approximate surface area is 93.4 Å². The molecule has 0 amide bonds. The molecule has 0 aliphatic heterocycles. The molecule has 0 aromatic heterocycles. The minimum atomic E-state index is -3.88. The summed E-state index contributed by atoms with van der Waals surface area (Å²) in [6.45, 7) is 5.58. The first-order valence-corrected chi connectivity index (χ1v) is 6.52. The van der Waals surface area contributed by atoms with Gasteiger partial charge in [-0.15, -0.1) is 0 Å². The van der Waals surface area contributed by atoms with Crippen molar-refractivity contribution < 1.29 is 13.5 Å². The van der Waals surface area contributed by atoms with Gasteiger partial charge in [0, 0.05) is 10.7 Å². The summed E-state index contributed by atoms with van der Waals surface area (Å²) in [5.74, 6) is -0.330. The van der Waals surface area contributed by atoms with Crippen molar-refractivity contribution in [2.45, 2.75) is 18.2 Å². The Kier molecular flexibility index (Phi) is 3.42. The number of allylic oxidation sites excluding steroid dienone is 1. The van der Waals surface area contributed by atoms with Crippen LogP contribution in [0, 0.1) is 0 Å². The fourth-order valence-corrected chi connectivity index (χ4v) is 2.16. The quantitative estimate of drug-likeness (QED) is 0.658. The lowest BCUT2D eigenvalue weighted by Gasteiger charge is -2.04. The lowest BCUT2D eigenvalue weighted by atomic mass is 10.1. The van der Waals surface area contributed by atoms with E-state index in [1.165, 1.54) is 12.1 Å². The second-order valence-electron chi connectivity index (χ2n) is 3.37. The van der Waals surface area contributed by atoms with Crippen molar-refractivity contribution in [1.82, 2.24) is 0 Å². The molecule has 0 spiro atoms. The summed E-state index contributed by atoms with van der Waals surface area (Å²) in [5, 5.41) is 9.45. The molecule has 0 saturated carbocycles. The first-order chi connectivity index (χ1) is 6.80. The van der Waals surface area contributed by atoms with E-state index in [2.05, 4.69) is 6.58 Å². The zero-order chi connectivity index (χ0) is 11.6. The molecule has 5 heteroatoms. The number of halogens is 1. The summed E-state index contributed by atoms with van der Waals surface area (Å²) < 4.78 is 22.0. The molecule has 1 rings (SSSR count). The molecule has 1 N–H and O–H groups in total. The highest BCUT2D eigenvalue weighted by molar-refractivity contribution is 8.13. The summed E-state index contributed by atoms with van der Waals surface area (Å²) in [7, 11) is 1.24. The van der Waals surface area contributed by atoms with Crippen molar-refractivity contribution in [3.8, 4) is 5.75 Å². The molecule has 82 valence electrons. The molecule has 0 bridgehead atoms. The number of aromatic hydroxyl groups is 1. The fraction of sp³-hybridized carbons (Fsp3) is 0.200. The van der Waals surface area contributed by atoms with Gasteiger partial charge >= 0.3 is 0 Å². The Morgan fingerprint density at radius 3 is 2.53 bits per heavy atom. The van der Waals surface area contributed by atoms with Crippen LogP contribution in [0.3, 0.4) is 0 Å². The van der Waals surface area contributed by atoms with E-state index >= 15 is 0 Å². The third-order valence-electron chi connectivity index (χ3n) is 1.79. The van der Waals surface area contributed by atoms with E-state index in [4.69, 9.17) is 10.7 Å². The van der Waals surface area contributed by atoms with Crippen LogP contribution in [-0.2, 0) is 15.5 Å². The highest BCUT2D eigenvalue weighted by Gasteiger charge is 2.15. The van der Waals surface area contributed by atoms with E-state index < -0.39 is 9.05 Å². The number of phenolic OH excluding ortho intramolecular Hbond substituents is 1. The Morgan fingerprint density at radius 2 is 2.13 bits per heavy atom. The van der Waals surface area contributed by atoms with Gasteiger partial charge in [-0.25, -0.2) is 8.42 Å². The second-order valence-corrected chi connectivity index (χ2v) is 5.91. The van der Waals surface area contributed by atoms with E-state index in [1.54, 1.807) is 6.07 Å². The minimum Gasteiger partial charge on any atom is -0.507 e. The van der Waals surface area contributed by atoms with Gasteiger partial charge in [0.25, 0.3) is 9.05 Å². The van der Waals surface area contributed by atoms with E-state index in [-0.39, 0.29) is 10.6 Å². The van der Waals surface area contributed by atoms with Crippen LogP contribution in [0.4, 0.5) is 0 Å². The van der Waals surface area contributed by atoms with Gasteiger partial charge in [0.05, 0.1) is 0 Å². The van der Waals surface area contributed by atoms with Gasteiger partial charge < -0.3 is 5.11 Å². The van der Waals surface area contributed by atoms with Crippen LogP contribution in [0.15, 0.2) is 35.2 Å². The van der Waals surface area contributed by atoms with Gasteiger partial charge in [0.2, 0.25) is 0 Å². The summed E-state index contributed by atoms with van der Waals surface area (Å²) in [6, 6.07) is 4.27. The Morgan fingerprint density at radius 1 is 1.53 bits per heavy atom. The van der Waals surface area contributed by atoms with Crippen molar-refractivity contribution in [2.75, 3.05) is 0 Å². The first-order valence-electron chi connectivity index (χ1n) is 4.21. The number of hydrogen-bond acceptors (Lipinski definition) is 3. The molecule has 1 aromatic carbocycles. The molecule has 3 nitrogen and oxygen atoms in total. The number of phenols is 1. The van der Waals surface area contributed by atoms with Crippen LogP contribution < -0.4 is 0 Å². The summed E-state index contributed by atoms with van der Waals surface area (Å²) in [5.41, 5.74) is 1.72. The zero-order valence-corrected chi connectivity index (χ0v) is 9.77. The predicted molar refractivity (Wildman–Crippen MR) is 59.7 cm³/mol. The largest absolute Gasteiger partial charge is 0.507 e. The molecule has 0 aliphatic rings. The normalized spacial score (nSPS) is 11.3. The van der Waals surface area contributed by atoms with Crippen LogP contribution in [0.5, 0.6) is 5.75 Å². The first kappa shape index (κ1) is 12.1. The van der Waals surface area contributed by atoms with Gasteiger partial charge in [0.1, 0.15) is 10.6 Å². The van der Waals surface area contributed by atoms with Crippen LogP contribution >= 0.6 is 10.7 Å². The van der Waals surface area contributed by atoms with Gasteiger partial charge in [-0.3, -0.25) is 0 Å². The number of hydrogen-bond donors (Lipinski definition) is 1. The van der Waals surface area contributed by atoms with Crippen molar-refractivity contribution in [3.63, 3.8) is 0 Å². The average Bonchev–Trinajstić information content (AvgIpc) is 1.99. The molecular formula is C10H11ClO3S. The van der Waals surface area contributed by atoms with Crippen molar-refractivity contribution in [3.05, 3.63) is 35.9 Å². The molecule has 15 heavy (non-hydrogen) atoms. The highest BCUT2D eigenvalue weighted by Crippen LogP contribution is 2.27. The summed E-state index contributed by atoms with van der Waals surface area (Å²) >= 11 is 0. The van der Waals surface area contributed by atoms with Crippen molar-refractivity contribution in [2.24, 2.45) is 0 Å². The van der Waals surface area contributed by atoms with Gasteiger partial charge in [-0.1, -0.05) is 18.2 Å². The van der Waals surface area contributed by atoms with E-state index in [0.717, 1.165) is 11.1 Å². The molecule has 0 unspecified atom stereocenters. The van der Waals surface area contributed by atoms with Crippen molar-refractivity contribution >= 4 is 19.7 Å². The molecular weight excluding hydrogens is 236 g/mol. The molecule has 0 saturated heterocycles. The Bertz CT molecular complexity index is 491. The second kappa shape index (κ2) is 4.24. The van der Waals surface area contributed by atoms with Crippen LogP contribution in [-0.4, -0.2) is 13.5 Å². The zero-order valence-electron chi connectivity index (χ0n) is 8.20. The highest BCUT2D eigenvalue weighted by atomic mass is 35.7. The molecule has 0 radical (unpaired) electrons. The molecule has 1 aromatic rings. The van der Waals surface area contributed by atoms with E-state index in [1.807, 2.05) is 6.92 Å². The van der Waals surface area contributed by atoms with Crippen LogP contribution in [0.2, 0.25) is 0 Å².